The van der Waals surface area contributed by atoms with Gasteiger partial charge in [-0.2, -0.15) is 0 Å². The Morgan fingerprint density at radius 2 is 2.04 bits per heavy atom. The van der Waals surface area contributed by atoms with Gasteiger partial charge in [0.05, 0.1) is 25.8 Å². The maximum Gasteiger partial charge on any atom is 0.258 e. The molecule has 2 fully saturated rings. The molecule has 3 heterocycles. The number of rotatable bonds is 3. The third kappa shape index (κ3) is 3.56. The van der Waals surface area contributed by atoms with Crippen molar-refractivity contribution >= 4 is 17.5 Å². The second kappa shape index (κ2) is 7.53. The lowest BCUT2D eigenvalue weighted by Gasteiger charge is -2.41. The number of carbonyl (C=O) groups is 2. The molecule has 3 aliphatic rings. The van der Waals surface area contributed by atoms with Crippen molar-refractivity contribution in [3.8, 4) is 0 Å². The van der Waals surface area contributed by atoms with Crippen LogP contribution in [0.5, 0.6) is 0 Å². The van der Waals surface area contributed by atoms with Gasteiger partial charge in [0, 0.05) is 24.8 Å². The smallest absolute Gasteiger partial charge is 0.258 e. The summed E-state index contributed by atoms with van der Waals surface area (Å²) in [6.45, 7) is 4.15. The molecule has 0 spiro atoms. The van der Waals surface area contributed by atoms with Crippen LogP contribution in [0.3, 0.4) is 0 Å². The molecule has 0 radical (unpaired) electrons. The normalized spacial score (nSPS) is 31.5. The van der Waals surface area contributed by atoms with Gasteiger partial charge in [-0.05, 0) is 25.0 Å². The number of halogens is 1. The fourth-order valence-corrected chi connectivity index (χ4v) is 4.20. The molecule has 3 unspecified atom stereocenters. The van der Waals surface area contributed by atoms with Crippen molar-refractivity contribution < 1.29 is 18.7 Å². The number of alkyl halides is 1. The molecule has 1 aromatic carbocycles. The number of fused-ring (bicyclic) bond motifs is 1. The Hall–Kier alpha value is -2.03. The number of nitrogens with zero attached hydrogens (tertiary/aromatic N) is 2. The van der Waals surface area contributed by atoms with Gasteiger partial charge in [0.25, 0.3) is 5.91 Å². The Morgan fingerprint density at radius 3 is 2.81 bits per heavy atom. The number of amides is 2. The van der Waals surface area contributed by atoms with Crippen LogP contribution in [0.4, 0.5) is 10.1 Å². The van der Waals surface area contributed by atoms with E-state index >= 15 is 0 Å². The molecule has 0 aliphatic carbocycles. The third-order valence-corrected chi connectivity index (χ3v) is 5.51. The molecule has 3 aliphatic heterocycles. The van der Waals surface area contributed by atoms with E-state index in [0.717, 1.165) is 17.7 Å². The summed E-state index contributed by atoms with van der Waals surface area (Å²) in [6, 6.07) is 7.93. The summed E-state index contributed by atoms with van der Waals surface area (Å²) in [6.07, 6.45) is -2.10. The topological polar surface area (TPSA) is 73.9 Å². The van der Waals surface area contributed by atoms with E-state index in [1.807, 2.05) is 36.1 Å². The SMILES string of the molecule is C[C@H]1Cc2ccccc2N1C(=O)CC1NC(=O)C(F)C(N2CCOCC2)N1. The first-order chi connectivity index (χ1) is 13.0. The van der Waals surface area contributed by atoms with Crippen LogP contribution in [0.25, 0.3) is 0 Å². The Bertz CT molecular complexity index is 725. The van der Waals surface area contributed by atoms with E-state index in [2.05, 4.69) is 10.6 Å². The zero-order chi connectivity index (χ0) is 19.0. The van der Waals surface area contributed by atoms with E-state index < -0.39 is 24.4 Å². The number of hydrogen-bond acceptors (Lipinski definition) is 5. The first-order valence-electron chi connectivity index (χ1n) is 9.47. The number of hydrogen-bond donors (Lipinski definition) is 2. The Balaban J connectivity index is 1.45. The molecule has 8 heteroatoms. The highest BCUT2D eigenvalue weighted by Gasteiger charge is 2.41. The van der Waals surface area contributed by atoms with Gasteiger partial charge in [0.15, 0.2) is 0 Å². The van der Waals surface area contributed by atoms with Gasteiger partial charge in [-0.3, -0.25) is 19.8 Å². The monoisotopic (exact) mass is 376 g/mol. The van der Waals surface area contributed by atoms with E-state index in [4.69, 9.17) is 4.74 Å². The summed E-state index contributed by atoms with van der Waals surface area (Å²) in [5.41, 5.74) is 2.07. The maximum absolute atomic E-state index is 14.4. The van der Waals surface area contributed by atoms with E-state index in [0.29, 0.717) is 26.3 Å². The van der Waals surface area contributed by atoms with Crippen molar-refractivity contribution in [2.24, 2.45) is 0 Å². The minimum Gasteiger partial charge on any atom is -0.379 e. The Labute approximate surface area is 157 Å². The van der Waals surface area contributed by atoms with Crippen LogP contribution in [0.15, 0.2) is 24.3 Å². The van der Waals surface area contributed by atoms with Crippen molar-refractivity contribution in [3.63, 3.8) is 0 Å². The van der Waals surface area contributed by atoms with Crippen molar-refractivity contribution in [3.05, 3.63) is 29.8 Å². The molecule has 27 heavy (non-hydrogen) atoms. The maximum atomic E-state index is 14.4. The van der Waals surface area contributed by atoms with Crippen LogP contribution in [0.1, 0.15) is 18.9 Å². The van der Waals surface area contributed by atoms with Crippen LogP contribution in [-0.2, 0) is 20.7 Å². The van der Waals surface area contributed by atoms with E-state index in [1.165, 1.54) is 0 Å². The number of para-hydroxylation sites is 1. The van der Waals surface area contributed by atoms with E-state index in [1.54, 1.807) is 4.90 Å². The number of morpholine rings is 1. The van der Waals surface area contributed by atoms with Crippen LogP contribution in [-0.4, -0.2) is 67.6 Å². The fourth-order valence-electron chi connectivity index (χ4n) is 4.20. The predicted molar refractivity (Wildman–Crippen MR) is 97.9 cm³/mol. The molecule has 0 aromatic heterocycles. The molecular weight excluding hydrogens is 351 g/mol. The van der Waals surface area contributed by atoms with Gasteiger partial charge in [0.2, 0.25) is 12.1 Å². The largest absolute Gasteiger partial charge is 0.379 e. The summed E-state index contributed by atoms with van der Waals surface area (Å²) in [7, 11) is 0. The molecular formula is C19H25FN4O3. The van der Waals surface area contributed by atoms with Crippen LogP contribution in [0, 0.1) is 0 Å². The van der Waals surface area contributed by atoms with Gasteiger partial charge in [-0.15, -0.1) is 0 Å². The Kier molecular flexibility index (Phi) is 5.12. The second-order valence-electron chi connectivity index (χ2n) is 7.37. The highest BCUT2D eigenvalue weighted by atomic mass is 19.1. The lowest BCUT2D eigenvalue weighted by atomic mass is 10.1. The zero-order valence-electron chi connectivity index (χ0n) is 15.4. The molecule has 1 aromatic rings. The summed E-state index contributed by atoms with van der Waals surface area (Å²) < 4.78 is 19.7. The third-order valence-electron chi connectivity index (χ3n) is 5.51. The van der Waals surface area contributed by atoms with Crippen molar-refractivity contribution in [1.29, 1.82) is 0 Å². The van der Waals surface area contributed by atoms with Gasteiger partial charge >= 0.3 is 0 Å². The van der Waals surface area contributed by atoms with Crippen LogP contribution in [0.2, 0.25) is 0 Å². The highest BCUT2D eigenvalue weighted by molar-refractivity contribution is 5.97. The number of benzene rings is 1. The first kappa shape index (κ1) is 18.3. The molecule has 0 saturated carbocycles. The van der Waals surface area contributed by atoms with Gasteiger partial charge in [-0.25, -0.2) is 4.39 Å². The Morgan fingerprint density at radius 1 is 1.30 bits per heavy atom. The molecule has 146 valence electrons. The zero-order valence-corrected chi connectivity index (χ0v) is 15.4. The standard InChI is InChI=1S/C19H25FN4O3/c1-12-10-13-4-2-3-5-14(13)24(12)16(25)11-15-21-18(17(20)19(26)22-15)23-6-8-27-9-7-23/h2-5,12,15,17-18,21H,6-11H2,1H3,(H,22,26)/t12-,15?,17?,18?/m0/s1. The second-order valence-corrected chi connectivity index (χ2v) is 7.37. The average Bonchev–Trinajstić information content (AvgIpc) is 3.01. The van der Waals surface area contributed by atoms with Crippen molar-refractivity contribution in [2.45, 2.75) is 44.3 Å². The molecule has 4 atom stereocenters. The van der Waals surface area contributed by atoms with Crippen molar-refractivity contribution in [2.75, 3.05) is 31.2 Å². The molecule has 2 N–H and O–H groups in total. The summed E-state index contributed by atoms with van der Waals surface area (Å²) in [5.74, 6) is -0.749. The van der Waals surface area contributed by atoms with Crippen molar-refractivity contribution in [1.82, 2.24) is 15.5 Å². The number of nitrogens with one attached hydrogen (secondary N) is 2. The number of carbonyl (C=O) groups excluding carboxylic acids is 2. The lowest BCUT2D eigenvalue weighted by molar-refractivity contribution is -0.137. The molecule has 2 saturated heterocycles. The quantitative estimate of drug-likeness (QED) is 0.799. The fraction of sp³-hybridized carbons (Fsp3) is 0.579. The van der Waals surface area contributed by atoms with E-state index in [-0.39, 0.29) is 18.4 Å². The number of anilines is 1. The molecule has 2 amide bonds. The molecule has 4 rings (SSSR count). The number of ether oxygens (including phenoxy) is 1. The predicted octanol–water partition coefficient (Wildman–Crippen LogP) is 0.396. The summed E-state index contributed by atoms with van der Waals surface area (Å²) in [5, 5.41) is 5.71. The van der Waals surface area contributed by atoms with Gasteiger partial charge in [-0.1, -0.05) is 18.2 Å². The molecule has 7 nitrogen and oxygen atoms in total. The van der Waals surface area contributed by atoms with Crippen LogP contribution >= 0.6 is 0 Å². The highest BCUT2D eigenvalue weighted by Crippen LogP contribution is 2.32. The average molecular weight is 376 g/mol. The first-order valence-corrected chi connectivity index (χ1v) is 9.47. The molecule has 0 bridgehead atoms. The summed E-state index contributed by atoms with van der Waals surface area (Å²) in [4.78, 5) is 28.7. The lowest BCUT2D eigenvalue weighted by Crippen LogP contribution is -2.69. The van der Waals surface area contributed by atoms with Gasteiger partial charge < -0.3 is 15.0 Å². The van der Waals surface area contributed by atoms with Gasteiger partial charge in [0.1, 0.15) is 6.17 Å². The minimum atomic E-state index is -1.67. The van der Waals surface area contributed by atoms with E-state index in [9.17, 15) is 14.0 Å². The van der Waals surface area contributed by atoms with Crippen LogP contribution < -0.4 is 15.5 Å². The minimum absolute atomic E-state index is 0.0677. The summed E-state index contributed by atoms with van der Waals surface area (Å²) >= 11 is 0.